The summed E-state index contributed by atoms with van der Waals surface area (Å²) in [5.41, 5.74) is 29.0. The van der Waals surface area contributed by atoms with E-state index in [-0.39, 0.29) is 0 Å². The van der Waals surface area contributed by atoms with Gasteiger partial charge in [-0.3, -0.25) is 0 Å². The van der Waals surface area contributed by atoms with Gasteiger partial charge in [-0.15, -0.1) is 0 Å². The van der Waals surface area contributed by atoms with Crippen LogP contribution in [0.15, 0.2) is 458 Å². The molecule has 2 aliphatic rings. The van der Waals surface area contributed by atoms with Gasteiger partial charge >= 0.3 is 0 Å². The molecule has 118 heavy (non-hydrogen) atoms. The second-order valence-electron chi connectivity index (χ2n) is 31.2. The molecule has 0 bridgehead atoms. The lowest BCUT2D eigenvalue weighted by Crippen LogP contribution is -2.28. The van der Waals surface area contributed by atoms with Crippen LogP contribution >= 0.6 is 0 Å². The fraction of sp³-hybridized carbons (Fsp3) is 0.0175. The van der Waals surface area contributed by atoms with E-state index in [1.165, 1.54) is 111 Å². The van der Waals surface area contributed by atoms with E-state index >= 15 is 0 Å². The molecule has 0 radical (unpaired) electrons. The number of hydrogen-bond acceptors (Lipinski definition) is 4. The van der Waals surface area contributed by atoms with Crippen molar-refractivity contribution in [3.63, 3.8) is 0 Å². The van der Waals surface area contributed by atoms with Gasteiger partial charge in [0.15, 0.2) is 0 Å². The summed E-state index contributed by atoms with van der Waals surface area (Å²) in [5, 5.41) is 13.8. The maximum absolute atomic E-state index is 6.63. The molecule has 0 amide bonds. The summed E-state index contributed by atoms with van der Waals surface area (Å²) in [6, 6.07) is 164. The monoisotopic (exact) mass is 1500 g/mol. The third-order valence-corrected chi connectivity index (χ3v) is 25.0. The number of anilines is 6. The highest BCUT2D eigenvalue weighted by Crippen LogP contribution is 2.62. The topological polar surface area (TPSA) is 32.8 Å². The Morgan fingerprint density at radius 3 is 1.16 bits per heavy atom. The van der Waals surface area contributed by atoms with E-state index in [0.29, 0.717) is 0 Å². The van der Waals surface area contributed by atoms with Crippen molar-refractivity contribution in [2.24, 2.45) is 0 Å². The zero-order chi connectivity index (χ0) is 77.8. The molecule has 24 rings (SSSR count). The molecular formula is C114H74N2O2. The second-order valence-corrected chi connectivity index (χ2v) is 31.2. The van der Waals surface area contributed by atoms with Crippen LogP contribution in [0.5, 0.6) is 0 Å². The molecule has 0 N–H and O–H groups in total. The van der Waals surface area contributed by atoms with Crippen LogP contribution in [0.2, 0.25) is 0 Å². The lowest BCUT2D eigenvalue weighted by atomic mass is 9.67. The average Bonchev–Trinajstić information content (AvgIpc) is 1.53. The van der Waals surface area contributed by atoms with Gasteiger partial charge in [0.1, 0.15) is 22.3 Å². The molecule has 2 aromatic heterocycles. The summed E-state index contributed by atoms with van der Waals surface area (Å²) < 4.78 is 13.2. The van der Waals surface area contributed by atoms with Crippen molar-refractivity contribution in [3.8, 4) is 44.5 Å². The van der Waals surface area contributed by atoms with Crippen molar-refractivity contribution in [2.75, 3.05) is 9.80 Å². The number of rotatable bonds is 12. The number of furan rings is 2. The van der Waals surface area contributed by atoms with Crippen LogP contribution in [0, 0.1) is 0 Å². The first kappa shape index (κ1) is 68.3. The predicted octanol–water partition coefficient (Wildman–Crippen LogP) is 30.8. The molecule has 2 aliphatic carbocycles. The van der Waals surface area contributed by atoms with Crippen molar-refractivity contribution in [3.05, 3.63) is 493 Å². The Morgan fingerprint density at radius 2 is 0.576 bits per heavy atom. The first-order valence-electron chi connectivity index (χ1n) is 40.7. The van der Waals surface area contributed by atoms with Crippen LogP contribution in [0.4, 0.5) is 34.1 Å². The molecule has 0 saturated carbocycles. The lowest BCUT2D eigenvalue weighted by Gasteiger charge is -2.35. The van der Waals surface area contributed by atoms with Crippen molar-refractivity contribution < 1.29 is 8.83 Å². The predicted molar refractivity (Wildman–Crippen MR) is 492 cm³/mol. The number of para-hydroxylation sites is 2. The fourth-order valence-corrected chi connectivity index (χ4v) is 19.9. The third kappa shape index (κ3) is 10.6. The van der Waals surface area contributed by atoms with Crippen LogP contribution in [0.3, 0.4) is 0 Å². The Hall–Kier alpha value is -15.4. The first-order chi connectivity index (χ1) is 58.5. The Morgan fingerprint density at radius 1 is 0.186 bits per heavy atom. The Kier molecular flexibility index (Phi) is 16.0. The smallest absolute Gasteiger partial charge is 0.143 e. The van der Waals surface area contributed by atoms with Crippen molar-refractivity contribution >= 4 is 121 Å². The van der Waals surface area contributed by atoms with Gasteiger partial charge in [0.2, 0.25) is 0 Å². The molecule has 4 heteroatoms. The highest BCUT2D eigenvalue weighted by atomic mass is 16.3. The minimum atomic E-state index is -0.527. The molecule has 22 aromatic rings. The molecule has 0 spiro atoms. The van der Waals surface area contributed by atoms with Gasteiger partial charge in [0.05, 0.1) is 27.9 Å². The van der Waals surface area contributed by atoms with E-state index in [9.17, 15) is 0 Å². The zero-order valence-corrected chi connectivity index (χ0v) is 64.4. The summed E-state index contributed by atoms with van der Waals surface area (Å²) in [5.74, 6) is 0. The van der Waals surface area contributed by atoms with Crippen molar-refractivity contribution in [1.82, 2.24) is 0 Å². The van der Waals surface area contributed by atoms with E-state index in [0.717, 1.165) is 99.5 Å². The molecule has 2 heterocycles. The van der Waals surface area contributed by atoms with E-state index in [4.69, 9.17) is 8.83 Å². The van der Waals surface area contributed by atoms with Gasteiger partial charge in [-0.25, -0.2) is 0 Å². The minimum absolute atomic E-state index is 0.525. The molecule has 0 atom stereocenters. The summed E-state index contributed by atoms with van der Waals surface area (Å²) in [7, 11) is 0. The quantitative estimate of drug-likeness (QED) is 0.122. The zero-order valence-electron chi connectivity index (χ0n) is 64.4. The Labute approximate surface area is 683 Å². The van der Waals surface area contributed by atoms with Crippen LogP contribution in [0.1, 0.15) is 44.5 Å². The summed E-state index contributed by atoms with van der Waals surface area (Å²) >= 11 is 0. The molecule has 0 unspecified atom stereocenters. The number of benzene rings is 20. The SMILES string of the molecule is c1ccc(C2(c3ccccc3)c3ccccc3-c3c(N(c4ccc(-c5ccc6ccccc6c5)cc4)c4cc5c6ccccc6oc5c5ccccc45)cccc32)cc1.c1ccc(C2(c3ccccc3)c3ccccc3-c3ccc(N(c4ccc(-c5cccc6ccccc56)cc4)c4cc5c6ccccc6oc5c5ccccc45)cc32)cc1. The van der Waals surface area contributed by atoms with E-state index in [1.807, 2.05) is 12.1 Å². The fourth-order valence-electron chi connectivity index (χ4n) is 19.9. The van der Waals surface area contributed by atoms with E-state index < -0.39 is 10.8 Å². The normalized spacial score (nSPS) is 12.9. The van der Waals surface area contributed by atoms with Crippen molar-refractivity contribution in [2.45, 2.75) is 10.8 Å². The minimum Gasteiger partial charge on any atom is -0.455 e. The van der Waals surface area contributed by atoms with Gasteiger partial charge in [0, 0.05) is 65.7 Å². The standard InChI is InChI=1S/2C57H37NO/c1-3-18-40(19-4-1)57(41-20-5-2-6-21-41)52-28-13-11-23-46(52)47-35-34-43(36-53(47)57)58(42-32-30-39(31-33-42)45-27-15-17-38-16-7-8-22-44(38)45)54-37-51-49-25-12-14-29-55(49)59-56(51)50-26-10-9-24-48(50)54;1-3-18-42(19-4-1)57(43-20-5-2-6-21-43)50-26-13-11-25-48(50)55-51(57)27-15-28-52(55)58(44-34-32-39(33-35-44)41-31-30-38-16-7-8-17-40(38)36-41)53-37-49-46-23-12-14-29-54(46)59-56(49)47-24-10-9-22-45(47)53/h2*1-37H. The van der Waals surface area contributed by atoms with Crippen LogP contribution in [-0.4, -0.2) is 0 Å². The van der Waals surface area contributed by atoms with Crippen molar-refractivity contribution in [1.29, 1.82) is 0 Å². The number of nitrogens with zero attached hydrogens (tertiary/aromatic N) is 2. The number of fused-ring (bicyclic) bond motifs is 18. The molecule has 0 saturated heterocycles. The van der Waals surface area contributed by atoms with Gasteiger partial charge < -0.3 is 18.6 Å². The van der Waals surface area contributed by atoms with E-state index in [1.54, 1.807) is 0 Å². The van der Waals surface area contributed by atoms with Crippen LogP contribution < -0.4 is 9.80 Å². The Bertz CT molecular complexity index is 7590. The molecule has 20 aromatic carbocycles. The summed E-state index contributed by atoms with van der Waals surface area (Å²) in [6.45, 7) is 0. The third-order valence-electron chi connectivity index (χ3n) is 25.0. The van der Waals surface area contributed by atoms with Gasteiger partial charge in [-0.1, -0.05) is 376 Å². The maximum Gasteiger partial charge on any atom is 0.143 e. The maximum atomic E-state index is 6.63. The van der Waals surface area contributed by atoms with Gasteiger partial charge in [-0.2, -0.15) is 0 Å². The van der Waals surface area contributed by atoms with Crippen LogP contribution in [0.25, 0.3) is 131 Å². The largest absolute Gasteiger partial charge is 0.455 e. The molecule has 552 valence electrons. The van der Waals surface area contributed by atoms with Gasteiger partial charge in [-0.05, 0) is 178 Å². The highest BCUT2D eigenvalue weighted by molar-refractivity contribution is 6.22. The molecular weight excluding hydrogens is 1430 g/mol. The summed E-state index contributed by atoms with van der Waals surface area (Å²) in [6.07, 6.45) is 0. The molecule has 4 nitrogen and oxygen atoms in total. The van der Waals surface area contributed by atoms with Gasteiger partial charge in [0.25, 0.3) is 0 Å². The average molecular weight is 1500 g/mol. The Balaban J connectivity index is 0.000000138. The van der Waals surface area contributed by atoms with E-state index in [2.05, 4.69) is 447 Å². The number of hydrogen-bond donors (Lipinski definition) is 0. The highest BCUT2D eigenvalue weighted by Gasteiger charge is 2.49. The molecule has 0 aliphatic heterocycles. The first-order valence-corrected chi connectivity index (χ1v) is 40.7. The lowest BCUT2D eigenvalue weighted by molar-refractivity contribution is 0.672. The summed E-state index contributed by atoms with van der Waals surface area (Å²) in [4.78, 5) is 4.95. The molecule has 0 fully saturated rings. The second kappa shape index (κ2) is 27.7. The van der Waals surface area contributed by atoms with Crippen LogP contribution in [-0.2, 0) is 10.8 Å².